The largest absolute Gasteiger partial charge is 0.508 e. The molecule has 3 N–H and O–H groups in total. The number of aromatic nitrogens is 1. The molecule has 0 saturated heterocycles. The predicted molar refractivity (Wildman–Crippen MR) is 96.9 cm³/mol. The number of rotatable bonds is 3. The minimum Gasteiger partial charge on any atom is -0.508 e. The molecule has 0 aliphatic carbocycles. The summed E-state index contributed by atoms with van der Waals surface area (Å²) in [6.07, 6.45) is 0.740. The van der Waals surface area contributed by atoms with E-state index >= 15 is 0 Å². The van der Waals surface area contributed by atoms with Crippen LogP contribution in [0.3, 0.4) is 0 Å². The number of aromatic hydroxyl groups is 1. The number of aliphatic hydroxyl groups excluding tert-OH is 1. The number of pyridine rings is 1. The van der Waals surface area contributed by atoms with Crippen molar-refractivity contribution in [3.05, 3.63) is 82.3 Å². The van der Waals surface area contributed by atoms with E-state index in [0.717, 1.165) is 5.39 Å². The van der Waals surface area contributed by atoms with Crippen LogP contribution >= 0.6 is 0 Å². The summed E-state index contributed by atoms with van der Waals surface area (Å²) in [6, 6.07) is 15.3. The Balaban J connectivity index is 1.84. The number of para-hydroxylation sites is 1. The molecule has 26 heavy (non-hydrogen) atoms. The van der Waals surface area contributed by atoms with Crippen LogP contribution in [0.2, 0.25) is 0 Å². The number of benzene rings is 2. The molecule has 0 radical (unpaired) electrons. The highest BCUT2D eigenvalue weighted by molar-refractivity contribution is 6.03. The summed E-state index contributed by atoms with van der Waals surface area (Å²) in [5, 5.41) is 29.9. The Labute approximate surface area is 147 Å². The van der Waals surface area contributed by atoms with Gasteiger partial charge >= 0.3 is 5.63 Å². The number of nitrogens with zero attached hydrogens (tertiary/aromatic N) is 1. The first-order valence-electron chi connectivity index (χ1n) is 8.11. The van der Waals surface area contributed by atoms with Gasteiger partial charge < -0.3 is 19.2 Å². The van der Waals surface area contributed by atoms with Gasteiger partial charge in [0.25, 0.3) is 0 Å². The number of phenols is 1. The van der Waals surface area contributed by atoms with Gasteiger partial charge in [-0.05, 0) is 29.8 Å². The van der Waals surface area contributed by atoms with Crippen LogP contribution in [0, 0.1) is 5.41 Å². The summed E-state index contributed by atoms with van der Waals surface area (Å²) in [5.74, 6) is 0.0586. The normalized spacial score (nSPS) is 12.5. The van der Waals surface area contributed by atoms with Crippen molar-refractivity contribution in [1.29, 1.82) is 5.41 Å². The van der Waals surface area contributed by atoms with Crippen LogP contribution in [0.1, 0.15) is 11.7 Å². The molecule has 0 amide bonds. The lowest BCUT2D eigenvalue weighted by Crippen LogP contribution is -2.26. The van der Waals surface area contributed by atoms with Crippen molar-refractivity contribution in [3.63, 3.8) is 0 Å². The summed E-state index contributed by atoms with van der Waals surface area (Å²) in [7, 11) is 0. The minimum absolute atomic E-state index is 0.0267. The Morgan fingerprint density at radius 1 is 1.08 bits per heavy atom. The second kappa shape index (κ2) is 6.16. The van der Waals surface area contributed by atoms with Gasteiger partial charge in [0.1, 0.15) is 22.2 Å². The van der Waals surface area contributed by atoms with Gasteiger partial charge in [-0.25, -0.2) is 4.79 Å². The maximum atomic E-state index is 12.4. The number of nitrogens with one attached hydrogen (secondary N) is 1. The maximum Gasteiger partial charge on any atom is 0.347 e. The average Bonchev–Trinajstić information content (AvgIpc) is 2.63. The van der Waals surface area contributed by atoms with E-state index in [4.69, 9.17) is 9.83 Å². The summed E-state index contributed by atoms with van der Waals surface area (Å²) >= 11 is 0. The highest BCUT2D eigenvalue weighted by Crippen LogP contribution is 2.22. The number of aliphatic hydroxyl groups is 1. The van der Waals surface area contributed by atoms with Crippen LogP contribution in [0.4, 0.5) is 0 Å². The Hall–Kier alpha value is -3.38. The molecule has 4 rings (SSSR count). The molecule has 1 atom stereocenters. The summed E-state index contributed by atoms with van der Waals surface area (Å²) < 4.78 is 6.82. The number of fused-ring (bicyclic) bond motifs is 3. The quantitative estimate of drug-likeness (QED) is 0.391. The topological polar surface area (TPSA) is 99.5 Å². The first-order valence-corrected chi connectivity index (χ1v) is 8.11. The van der Waals surface area contributed by atoms with Crippen LogP contribution < -0.4 is 11.1 Å². The fourth-order valence-corrected chi connectivity index (χ4v) is 3.13. The Kier molecular flexibility index (Phi) is 3.82. The van der Waals surface area contributed by atoms with Gasteiger partial charge in [-0.3, -0.25) is 5.41 Å². The van der Waals surface area contributed by atoms with Crippen molar-refractivity contribution in [1.82, 2.24) is 4.57 Å². The van der Waals surface area contributed by atoms with E-state index in [1.165, 1.54) is 16.7 Å². The SMILES string of the molecule is N=c1c2c(=O)oc3ccccc3c2ccn1CC(O)c1cccc(O)c1. The molecule has 0 aliphatic heterocycles. The molecule has 2 aromatic carbocycles. The molecule has 0 saturated carbocycles. The monoisotopic (exact) mass is 348 g/mol. The Morgan fingerprint density at radius 2 is 1.88 bits per heavy atom. The van der Waals surface area contributed by atoms with Crippen LogP contribution in [-0.4, -0.2) is 14.8 Å². The highest BCUT2D eigenvalue weighted by atomic mass is 16.4. The highest BCUT2D eigenvalue weighted by Gasteiger charge is 2.13. The molecule has 1 unspecified atom stereocenters. The first-order chi connectivity index (χ1) is 12.5. The molecule has 2 aromatic heterocycles. The molecule has 130 valence electrons. The molecule has 0 spiro atoms. The Morgan fingerprint density at radius 3 is 2.69 bits per heavy atom. The van der Waals surface area contributed by atoms with Gasteiger partial charge in [-0.1, -0.05) is 30.3 Å². The van der Waals surface area contributed by atoms with E-state index in [2.05, 4.69) is 0 Å². The van der Waals surface area contributed by atoms with Gasteiger partial charge in [0.05, 0.1) is 12.6 Å². The van der Waals surface area contributed by atoms with Gasteiger partial charge in [0, 0.05) is 17.0 Å². The molecule has 0 aliphatic rings. The molecular weight excluding hydrogens is 332 g/mol. The van der Waals surface area contributed by atoms with Gasteiger partial charge in [-0.2, -0.15) is 0 Å². The number of hydrogen-bond donors (Lipinski definition) is 3. The van der Waals surface area contributed by atoms with E-state index in [1.54, 1.807) is 36.5 Å². The van der Waals surface area contributed by atoms with Crippen LogP contribution in [-0.2, 0) is 6.54 Å². The van der Waals surface area contributed by atoms with E-state index in [0.29, 0.717) is 16.5 Å². The molecule has 6 nitrogen and oxygen atoms in total. The molecule has 2 heterocycles. The average molecular weight is 348 g/mol. The van der Waals surface area contributed by atoms with E-state index < -0.39 is 11.7 Å². The lowest BCUT2D eigenvalue weighted by atomic mass is 10.1. The predicted octanol–water partition coefficient (Wildman–Crippen LogP) is 2.67. The second-order valence-corrected chi connectivity index (χ2v) is 6.10. The van der Waals surface area contributed by atoms with Crippen molar-refractivity contribution in [2.75, 3.05) is 0 Å². The fourth-order valence-electron chi connectivity index (χ4n) is 3.13. The maximum absolute atomic E-state index is 12.4. The van der Waals surface area contributed by atoms with Crippen molar-refractivity contribution in [3.8, 4) is 5.75 Å². The minimum atomic E-state index is -0.929. The van der Waals surface area contributed by atoms with Gasteiger partial charge in [-0.15, -0.1) is 0 Å². The third-order valence-corrected chi connectivity index (χ3v) is 4.42. The van der Waals surface area contributed by atoms with Crippen molar-refractivity contribution in [2.24, 2.45) is 0 Å². The van der Waals surface area contributed by atoms with E-state index in [9.17, 15) is 15.0 Å². The van der Waals surface area contributed by atoms with Crippen molar-refractivity contribution >= 4 is 21.7 Å². The van der Waals surface area contributed by atoms with Crippen molar-refractivity contribution in [2.45, 2.75) is 12.6 Å². The molecular formula is C20H16N2O4. The second-order valence-electron chi connectivity index (χ2n) is 6.10. The molecule has 4 aromatic rings. The fraction of sp³-hybridized carbons (Fsp3) is 0.100. The summed E-state index contributed by atoms with van der Waals surface area (Å²) in [5.41, 5.74) is 0.399. The number of hydrogen-bond acceptors (Lipinski definition) is 5. The standard InChI is InChI=1S/C20H16N2O4/c21-19-18-15(14-6-1-2-7-17(14)26-20(18)25)8-9-22(19)11-16(24)12-4-3-5-13(23)10-12/h1-10,16,21,23-24H,11H2. The van der Waals surface area contributed by atoms with E-state index in [1.807, 2.05) is 12.1 Å². The number of phenolic OH excluding ortho intramolecular Hbond substituents is 1. The lowest BCUT2D eigenvalue weighted by Gasteiger charge is -2.15. The summed E-state index contributed by atoms with van der Waals surface area (Å²) in [6.45, 7) is 0.0739. The first kappa shape index (κ1) is 16.1. The molecule has 0 bridgehead atoms. The van der Waals surface area contributed by atoms with Crippen LogP contribution in [0.5, 0.6) is 5.75 Å². The van der Waals surface area contributed by atoms with Crippen molar-refractivity contribution < 1.29 is 14.6 Å². The van der Waals surface area contributed by atoms with Crippen LogP contribution in [0.25, 0.3) is 21.7 Å². The molecule has 6 heteroatoms. The smallest absolute Gasteiger partial charge is 0.347 e. The molecule has 0 fully saturated rings. The zero-order chi connectivity index (χ0) is 18.3. The van der Waals surface area contributed by atoms with Gasteiger partial charge in [0.2, 0.25) is 0 Å². The third kappa shape index (κ3) is 2.66. The lowest BCUT2D eigenvalue weighted by molar-refractivity contribution is 0.154. The van der Waals surface area contributed by atoms with E-state index in [-0.39, 0.29) is 23.2 Å². The summed E-state index contributed by atoms with van der Waals surface area (Å²) in [4.78, 5) is 12.4. The zero-order valence-electron chi connectivity index (χ0n) is 13.7. The zero-order valence-corrected chi connectivity index (χ0v) is 13.7. The van der Waals surface area contributed by atoms with Gasteiger partial charge in [0.15, 0.2) is 0 Å². The van der Waals surface area contributed by atoms with Crippen LogP contribution in [0.15, 0.2) is 70.0 Å². The third-order valence-electron chi connectivity index (χ3n) is 4.42. The Bertz CT molecular complexity index is 1240.